The molecule has 0 aromatic heterocycles. The van der Waals surface area contributed by atoms with E-state index in [2.05, 4.69) is 10.6 Å². The second-order valence-electron chi connectivity index (χ2n) is 3.29. The van der Waals surface area contributed by atoms with E-state index >= 15 is 0 Å². The van der Waals surface area contributed by atoms with E-state index in [9.17, 15) is 9.59 Å². The fourth-order valence-electron chi connectivity index (χ4n) is 1.77. The highest BCUT2D eigenvalue weighted by molar-refractivity contribution is 5.89. The lowest BCUT2D eigenvalue weighted by atomic mass is 10.2. The van der Waals surface area contributed by atoms with Gasteiger partial charge in [0.05, 0.1) is 6.54 Å². The number of amides is 2. The van der Waals surface area contributed by atoms with Gasteiger partial charge in [0.15, 0.2) is 0 Å². The van der Waals surface area contributed by atoms with Crippen molar-refractivity contribution in [3.63, 3.8) is 0 Å². The van der Waals surface area contributed by atoms with Gasteiger partial charge in [-0.1, -0.05) is 0 Å². The summed E-state index contributed by atoms with van der Waals surface area (Å²) >= 11 is 0. The maximum absolute atomic E-state index is 11.4. The van der Waals surface area contributed by atoms with Gasteiger partial charge < -0.3 is 10.2 Å². The molecule has 2 rings (SSSR count). The summed E-state index contributed by atoms with van der Waals surface area (Å²) in [4.78, 5) is 24.3. The Morgan fingerprint density at radius 2 is 2.31 bits per heavy atom. The third-order valence-electron chi connectivity index (χ3n) is 2.46. The first-order chi connectivity index (χ1) is 6.29. The van der Waals surface area contributed by atoms with E-state index in [1.165, 1.54) is 0 Å². The van der Waals surface area contributed by atoms with Crippen LogP contribution in [0, 0.1) is 0 Å². The van der Waals surface area contributed by atoms with Crippen LogP contribution in [0.4, 0.5) is 0 Å². The molecule has 0 spiro atoms. The smallest absolute Gasteiger partial charge is 0.264 e. The molecular weight excluding hydrogens is 170 g/mol. The normalized spacial score (nSPS) is 29.2. The molecule has 2 aliphatic heterocycles. The zero-order valence-electron chi connectivity index (χ0n) is 7.32. The highest BCUT2D eigenvalue weighted by Crippen LogP contribution is 2.11. The maximum atomic E-state index is 11.4. The van der Waals surface area contributed by atoms with Gasteiger partial charge in [-0.15, -0.1) is 0 Å². The number of carbonyl (C=O) groups excluding carboxylic acids is 2. The largest absolute Gasteiger partial charge is 0.328 e. The molecule has 0 saturated carbocycles. The fraction of sp³-hybridized carbons (Fsp3) is 0.750. The molecule has 2 fully saturated rings. The Kier molecular flexibility index (Phi) is 2.18. The Labute approximate surface area is 76.5 Å². The molecule has 1 N–H and O–H groups in total. The molecule has 2 aliphatic rings. The first-order valence-electron chi connectivity index (χ1n) is 4.50. The Bertz CT molecular complexity index is 242. The average Bonchev–Trinajstić information content (AvgIpc) is 2.52. The van der Waals surface area contributed by atoms with Gasteiger partial charge >= 0.3 is 0 Å². The van der Waals surface area contributed by atoms with Crippen molar-refractivity contribution < 1.29 is 9.59 Å². The van der Waals surface area contributed by atoms with Crippen molar-refractivity contribution in [2.75, 3.05) is 26.2 Å². The van der Waals surface area contributed by atoms with Gasteiger partial charge in [0.25, 0.3) is 5.91 Å². The Balaban J connectivity index is 2.05. The van der Waals surface area contributed by atoms with E-state index in [-0.39, 0.29) is 17.9 Å². The second kappa shape index (κ2) is 3.33. The topological polar surface area (TPSA) is 63.5 Å². The molecule has 1 unspecified atom stereocenters. The summed E-state index contributed by atoms with van der Waals surface area (Å²) in [6, 6.07) is -0.269. The SMILES string of the molecule is O=C1[N]CCC1N1CCNCC1=O. The molecule has 0 aromatic rings. The molecule has 5 heteroatoms. The van der Waals surface area contributed by atoms with Gasteiger partial charge in [0.1, 0.15) is 6.04 Å². The van der Waals surface area contributed by atoms with Crippen LogP contribution in [0.2, 0.25) is 0 Å². The van der Waals surface area contributed by atoms with Gasteiger partial charge in [-0.3, -0.25) is 9.59 Å². The van der Waals surface area contributed by atoms with Crippen LogP contribution >= 0.6 is 0 Å². The molecule has 1 atom stereocenters. The highest BCUT2D eigenvalue weighted by Gasteiger charge is 2.35. The molecule has 0 bridgehead atoms. The summed E-state index contributed by atoms with van der Waals surface area (Å²) in [6.07, 6.45) is 0.699. The Hall–Kier alpha value is -1.10. The second-order valence-corrected chi connectivity index (χ2v) is 3.29. The van der Waals surface area contributed by atoms with Crippen molar-refractivity contribution in [2.24, 2.45) is 0 Å². The minimum Gasteiger partial charge on any atom is -0.328 e. The predicted octanol–water partition coefficient (Wildman–Crippen LogP) is -1.68. The first-order valence-corrected chi connectivity index (χ1v) is 4.50. The van der Waals surface area contributed by atoms with Crippen LogP contribution in [0.3, 0.4) is 0 Å². The number of carbonyl (C=O) groups is 2. The highest BCUT2D eigenvalue weighted by atomic mass is 16.2. The number of nitrogens with one attached hydrogen (secondary N) is 1. The van der Waals surface area contributed by atoms with Crippen molar-refractivity contribution in [2.45, 2.75) is 12.5 Å². The summed E-state index contributed by atoms with van der Waals surface area (Å²) in [6.45, 7) is 2.32. The number of hydrogen-bond donors (Lipinski definition) is 1. The standard InChI is InChI=1S/C8H12N3O2/c12-7-5-9-3-4-11(7)6-1-2-10-8(6)13/h6,9H,1-5H2. The zero-order valence-corrected chi connectivity index (χ0v) is 7.32. The fourth-order valence-corrected chi connectivity index (χ4v) is 1.77. The summed E-state index contributed by atoms with van der Waals surface area (Å²) < 4.78 is 0. The van der Waals surface area contributed by atoms with Crippen molar-refractivity contribution in [1.82, 2.24) is 15.5 Å². The third-order valence-corrected chi connectivity index (χ3v) is 2.46. The van der Waals surface area contributed by atoms with E-state index < -0.39 is 0 Å². The lowest BCUT2D eigenvalue weighted by Gasteiger charge is -2.30. The van der Waals surface area contributed by atoms with Gasteiger partial charge in [0, 0.05) is 19.6 Å². The van der Waals surface area contributed by atoms with Gasteiger partial charge in [0.2, 0.25) is 5.91 Å². The first kappa shape index (κ1) is 8.50. The molecule has 71 valence electrons. The molecule has 0 aliphatic carbocycles. The van der Waals surface area contributed by atoms with E-state index in [1.807, 2.05) is 0 Å². The van der Waals surface area contributed by atoms with E-state index in [1.54, 1.807) is 4.90 Å². The van der Waals surface area contributed by atoms with Crippen molar-refractivity contribution in [3.05, 3.63) is 0 Å². The number of hydrogen-bond acceptors (Lipinski definition) is 3. The predicted molar refractivity (Wildman–Crippen MR) is 45.0 cm³/mol. The minimum absolute atomic E-state index is 0.0155. The molecule has 0 aromatic carbocycles. The number of piperazine rings is 1. The van der Waals surface area contributed by atoms with Crippen LogP contribution in [0.15, 0.2) is 0 Å². The molecule has 13 heavy (non-hydrogen) atoms. The summed E-state index contributed by atoms with van der Waals surface area (Å²) in [5.41, 5.74) is 0. The minimum atomic E-state index is -0.269. The Morgan fingerprint density at radius 3 is 2.92 bits per heavy atom. The van der Waals surface area contributed by atoms with Gasteiger partial charge in [-0.2, -0.15) is 0 Å². The number of nitrogens with zero attached hydrogens (tertiary/aromatic N) is 2. The quantitative estimate of drug-likeness (QED) is 0.527. The van der Waals surface area contributed by atoms with Gasteiger partial charge in [-0.05, 0) is 6.42 Å². The van der Waals surface area contributed by atoms with Crippen molar-refractivity contribution in [3.8, 4) is 0 Å². The van der Waals surface area contributed by atoms with Crippen LogP contribution in [-0.2, 0) is 9.59 Å². The van der Waals surface area contributed by atoms with Crippen LogP contribution in [0.5, 0.6) is 0 Å². The zero-order chi connectivity index (χ0) is 9.26. The van der Waals surface area contributed by atoms with Gasteiger partial charge in [-0.25, -0.2) is 5.32 Å². The molecule has 5 nitrogen and oxygen atoms in total. The van der Waals surface area contributed by atoms with Crippen LogP contribution in [0.1, 0.15) is 6.42 Å². The lowest BCUT2D eigenvalue weighted by molar-refractivity contribution is -0.139. The van der Waals surface area contributed by atoms with Crippen LogP contribution in [0.25, 0.3) is 0 Å². The summed E-state index contributed by atoms with van der Waals surface area (Å²) in [5.74, 6) is -0.114. The third kappa shape index (κ3) is 1.51. The summed E-state index contributed by atoms with van der Waals surface area (Å²) in [5, 5.41) is 6.74. The molecule has 2 saturated heterocycles. The molecule has 2 heterocycles. The van der Waals surface area contributed by atoms with E-state index in [0.29, 0.717) is 26.1 Å². The maximum Gasteiger partial charge on any atom is 0.264 e. The monoisotopic (exact) mass is 182 g/mol. The molecular formula is C8H12N3O2. The van der Waals surface area contributed by atoms with Crippen LogP contribution < -0.4 is 10.6 Å². The van der Waals surface area contributed by atoms with Crippen molar-refractivity contribution >= 4 is 11.8 Å². The lowest BCUT2D eigenvalue weighted by Crippen LogP contribution is -2.54. The van der Waals surface area contributed by atoms with E-state index in [4.69, 9.17) is 0 Å². The van der Waals surface area contributed by atoms with Crippen molar-refractivity contribution in [1.29, 1.82) is 0 Å². The van der Waals surface area contributed by atoms with E-state index in [0.717, 1.165) is 6.54 Å². The number of rotatable bonds is 1. The van der Waals surface area contributed by atoms with Crippen LogP contribution in [-0.4, -0.2) is 48.9 Å². The molecule has 2 amide bonds. The average molecular weight is 182 g/mol. The Morgan fingerprint density at radius 1 is 1.46 bits per heavy atom. The summed E-state index contributed by atoms with van der Waals surface area (Å²) in [7, 11) is 0. The molecule has 1 radical (unpaired) electrons.